The number of aryl methyl sites for hydroxylation is 1. The van der Waals surface area contributed by atoms with Crippen LogP contribution in [0.2, 0.25) is 0 Å². The third-order valence-electron chi connectivity index (χ3n) is 3.88. The molecule has 9 nitrogen and oxygen atoms in total. The summed E-state index contributed by atoms with van der Waals surface area (Å²) in [4.78, 5) is 20.9. The van der Waals surface area contributed by atoms with Crippen molar-refractivity contribution in [2.24, 2.45) is 0 Å². The monoisotopic (exact) mass is 401 g/mol. The molecule has 27 heavy (non-hydrogen) atoms. The fourth-order valence-electron chi connectivity index (χ4n) is 2.68. The molecule has 0 radical (unpaired) electrons. The number of aromatic nitrogens is 7. The minimum atomic E-state index is 0.00642. The normalized spacial score (nSPS) is 11.2. The van der Waals surface area contributed by atoms with Gasteiger partial charge in [-0.1, -0.05) is 11.8 Å². The van der Waals surface area contributed by atoms with Crippen molar-refractivity contribution in [1.82, 2.24) is 34.5 Å². The number of hydrogen-bond acceptors (Lipinski definition) is 9. The highest BCUT2D eigenvalue weighted by Crippen LogP contribution is 2.25. The third-order valence-corrected chi connectivity index (χ3v) is 5.46. The number of thioether (sulfide) groups is 1. The summed E-state index contributed by atoms with van der Waals surface area (Å²) in [5, 5.41) is 15.0. The number of rotatable bonds is 7. The van der Waals surface area contributed by atoms with Gasteiger partial charge in [0, 0.05) is 28.5 Å². The van der Waals surface area contributed by atoms with Gasteiger partial charge in [0.05, 0.1) is 5.75 Å². The maximum atomic E-state index is 12.7. The van der Waals surface area contributed by atoms with E-state index in [0.29, 0.717) is 23.2 Å². The van der Waals surface area contributed by atoms with Crippen LogP contribution in [-0.2, 0) is 6.54 Å². The summed E-state index contributed by atoms with van der Waals surface area (Å²) >= 11 is 2.75. The molecule has 0 saturated carbocycles. The number of thiazole rings is 1. The Hall–Kier alpha value is -2.79. The van der Waals surface area contributed by atoms with Gasteiger partial charge in [-0.2, -0.15) is 5.10 Å². The van der Waals surface area contributed by atoms with Crippen LogP contribution in [0.15, 0.2) is 39.9 Å². The predicted octanol–water partition coefficient (Wildman–Crippen LogP) is 2.55. The Kier molecular flexibility index (Phi) is 4.86. The van der Waals surface area contributed by atoms with E-state index in [1.54, 1.807) is 17.2 Å². The number of hydrogen-bond donors (Lipinski definition) is 0. The molecule has 138 valence electrons. The largest absolute Gasteiger partial charge is 0.414 e. The maximum absolute atomic E-state index is 12.7. The molecule has 0 spiro atoms. The van der Waals surface area contributed by atoms with Gasteiger partial charge in [-0.25, -0.2) is 14.6 Å². The van der Waals surface area contributed by atoms with Crippen LogP contribution in [-0.4, -0.2) is 46.0 Å². The molecule has 0 aliphatic rings. The van der Waals surface area contributed by atoms with Gasteiger partial charge < -0.3 is 4.42 Å². The molecule has 0 N–H and O–H groups in total. The Morgan fingerprint density at radius 1 is 1.33 bits per heavy atom. The van der Waals surface area contributed by atoms with E-state index in [1.807, 2.05) is 29.9 Å². The zero-order valence-corrected chi connectivity index (χ0v) is 16.2. The van der Waals surface area contributed by atoms with E-state index in [4.69, 9.17) is 4.42 Å². The van der Waals surface area contributed by atoms with Crippen LogP contribution in [0.4, 0.5) is 0 Å². The molecule has 4 aromatic heterocycles. The van der Waals surface area contributed by atoms with Crippen molar-refractivity contribution in [2.75, 3.05) is 5.75 Å². The zero-order valence-electron chi connectivity index (χ0n) is 14.6. The van der Waals surface area contributed by atoms with Gasteiger partial charge in [-0.3, -0.25) is 9.36 Å². The predicted molar refractivity (Wildman–Crippen MR) is 99.4 cm³/mol. The van der Waals surface area contributed by atoms with Crippen molar-refractivity contribution in [3.8, 4) is 5.13 Å². The molecule has 0 saturated heterocycles. The second-order valence-electron chi connectivity index (χ2n) is 5.70. The second-order valence-corrected chi connectivity index (χ2v) is 7.50. The van der Waals surface area contributed by atoms with Crippen LogP contribution in [0.3, 0.4) is 0 Å². The molecule has 0 aromatic carbocycles. The topological polar surface area (TPSA) is 105 Å². The lowest BCUT2D eigenvalue weighted by molar-refractivity contribution is 0.102. The minimum Gasteiger partial charge on any atom is -0.414 e. The lowest BCUT2D eigenvalue weighted by Gasteiger charge is -2.05. The van der Waals surface area contributed by atoms with Crippen LogP contribution in [0.5, 0.6) is 0 Å². The molecule has 0 aliphatic heterocycles. The van der Waals surface area contributed by atoms with Gasteiger partial charge in [0.15, 0.2) is 10.9 Å². The minimum absolute atomic E-state index is 0.00642. The molecule has 0 unspecified atom stereocenters. The Morgan fingerprint density at radius 3 is 2.96 bits per heavy atom. The van der Waals surface area contributed by atoms with Gasteiger partial charge in [-0.15, -0.1) is 21.5 Å². The van der Waals surface area contributed by atoms with Crippen LogP contribution in [0.25, 0.3) is 5.13 Å². The highest BCUT2D eigenvalue weighted by Gasteiger charge is 2.19. The van der Waals surface area contributed by atoms with E-state index >= 15 is 0 Å². The van der Waals surface area contributed by atoms with Crippen LogP contribution in [0, 0.1) is 13.8 Å². The first-order chi connectivity index (χ1) is 13.1. The Morgan fingerprint density at radius 2 is 2.22 bits per heavy atom. The molecule has 0 amide bonds. The van der Waals surface area contributed by atoms with E-state index < -0.39 is 0 Å². The zero-order chi connectivity index (χ0) is 18.8. The Balaban J connectivity index is 1.43. The number of carbonyl (C=O) groups excluding carboxylic acids is 1. The third kappa shape index (κ3) is 3.69. The number of Topliss-reactive ketones (excluding diaryl/α,β-unsaturated/α-hetero) is 1. The lowest BCUT2D eigenvalue weighted by Crippen LogP contribution is -2.05. The molecule has 4 aromatic rings. The first kappa shape index (κ1) is 17.6. The van der Waals surface area contributed by atoms with E-state index in [1.165, 1.54) is 29.4 Å². The Labute approximate surface area is 162 Å². The summed E-state index contributed by atoms with van der Waals surface area (Å²) < 4.78 is 9.12. The maximum Gasteiger partial charge on any atom is 0.277 e. The summed E-state index contributed by atoms with van der Waals surface area (Å²) in [5.74, 6) is 0.636. The summed E-state index contributed by atoms with van der Waals surface area (Å²) in [6.45, 7) is 4.23. The summed E-state index contributed by atoms with van der Waals surface area (Å²) in [6, 6.07) is 1.89. The molecular formula is C16H15N7O2S2. The molecule has 0 atom stereocenters. The standard InChI is InChI=1S/C16H15N7O2S2/c1-10-5-12(11(2)23(10)15-18-3-4-26-15)13(24)7-27-16-21-20-14(25-16)6-22-9-17-8-19-22/h3-5,8-9H,6-7H2,1-2H3. The quantitative estimate of drug-likeness (QED) is 0.344. The first-order valence-corrected chi connectivity index (χ1v) is 9.88. The van der Waals surface area contributed by atoms with Gasteiger partial charge in [0.1, 0.15) is 19.2 Å². The highest BCUT2D eigenvalue weighted by atomic mass is 32.2. The SMILES string of the molecule is Cc1cc(C(=O)CSc2nnc(Cn3cncn3)o2)c(C)n1-c1nccs1. The van der Waals surface area contributed by atoms with Crippen LogP contribution < -0.4 is 0 Å². The first-order valence-electron chi connectivity index (χ1n) is 8.01. The van der Waals surface area contributed by atoms with Crippen molar-refractivity contribution in [2.45, 2.75) is 25.6 Å². The van der Waals surface area contributed by atoms with Gasteiger partial charge >= 0.3 is 0 Å². The van der Waals surface area contributed by atoms with Crippen molar-refractivity contribution < 1.29 is 9.21 Å². The van der Waals surface area contributed by atoms with Gasteiger partial charge in [-0.05, 0) is 19.9 Å². The molecule has 4 rings (SSSR count). The molecule has 11 heteroatoms. The molecule has 0 fully saturated rings. The molecular weight excluding hydrogens is 386 g/mol. The highest BCUT2D eigenvalue weighted by molar-refractivity contribution is 7.99. The van der Waals surface area contributed by atoms with E-state index in [9.17, 15) is 4.79 Å². The van der Waals surface area contributed by atoms with Crippen LogP contribution >= 0.6 is 23.1 Å². The van der Waals surface area contributed by atoms with Crippen molar-refractivity contribution >= 4 is 28.9 Å². The summed E-state index contributed by atoms with van der Waals surface area (Å²) in [5.41, 5.74) is 2.53. The van der Waals surface area contributed by atoms with E-state index in [0.717, 1.165) is 16.5 Å². The van der Waals surface area contributed by atoms with Crippen molar-refractivity contribution in [3.05, 3.63) is 53.1 Å². The van der Waals surface area contributed by atoms with Gasteiger partial charge in [0.2, 0.25) is 5.89 Å². The van der Waals surface area contributed by atoms with E-state index in [2.05, 4.69) is 25.3 Å². The molecule has 0 aliphatic carbocycles. The number of ketones is 1. The van der Waals surface area contributed by atoms with Gasteiger partial charge in [0.25, 0.3) is 5.22 Å². The fraction of sp³-hybridized carbons (Fsp3) is 0.250. The second kappa shape index (κ2) is 7.45. The smallest absolute Gasteiger partial charge is 0.277 e. The molecule has 0 bridgehead atoms. The average Bonchev–Trinajstić information content (AvgIpc) is 3.42. The Bertz CT molecular complexity index is 1050. The number of nitrogens with zero attached hydrogens (tertiary/aromatic N) is 7. The molecule has 4 heterocycles. The van der Waals surface area contributed by atoms with Crippen LogP contribution in [0.1, 0.15) is 27.6 Å². The van der Waals surface area contributed by atoms with Crippen molar-refractivity contribution in [3.63, 3.8) is 0 Å². The van der Waals surface area contributed by atoms with Crippen molar-refractivity contribution in [1.29, 1.82) is 0 Å². The fourth-order valence-corrected chi connectivity index (χ4v) is 4.10. The van der Waals surface area contributed by atoms with E-state index in [-0.39, 0.29) is 11.5 Å². The summed E-state index contributed by atoms with van der Waals surface area (Å²) in [7, 11) is 0. The average molecular weight is 401 g/mol. The number of carbonyl (C=O) groups is 1. The summed E-state index contributed by atoms with van der Waals surface area (Å²) in [6.07, 6.45) is 4.76. The lowest BCUT2D eigenvalue weighted by atomic mass is 10.2.